The third kappa shape index (κ3) is 3.40. The van der Waals surface area contributed by atoms with E-state index < -0.39 is 6.40 Å². The van der Waals surface area contributed by atoms with Crippen LogP contribution in [0.25, 0.3) is 0 Å². The molecule has 106 valence electrons. The Morgan fingerprint density at radius 2 is 1.86 bits per heavy atom. The van der Waals surface area contributed by atoms with E-state index in [0.717, 1.165) is 10.6 Å². The van der Waals surface area contributed by atoms with Crippen molar-refractivity contribution in [2.75, 3.05) is 0 Å². The van der Waals surface area contributed by atoms with Crippen LogP contribution in [0, 0.1) is 0 Å². The molecule has 0 saturated carbocycles. The van der Waals surface area contributed by atoms with Gasteiger partial charge in [-0.05, 0) is 42.1 Å². The Labute approximate surface area is 130 Å². The van der Waals surface area contributed by atoms with Crippen LogP contribution in [0.3, 0.4) is 0 Å². The summed E-state index contributed by atoms with van der Waals surface area (Å²) < 4.78 is 11.2. The van der Waals surface area contributed by atoms with Gasteiger partial charge in [0.2, 0.25) is 0 Å². The fourth-order valence-corrected chi connectivity index (χ4v) is 2.97. The molecule has 1 aliphatic rings. The predicted octanol–water partition coefficient (Wildman–Crippen LogP) is 2.98. The fourth-order valence-electron chi connectivity index (χ4n) is 1.70. The summed E-state index contributed by atoms with van der Waals surface area (Å²) in [4.78, 5) is 1.07. The van der Waals surface area contributed by atoms with E-state index in [4.69, 9.17) is 15.0 Å². The van der Waals surface area contributed by atoms with Gasteiger partial charge in [0.25, 0.3) is 0 Å². The number of thiophene rings is 1. The van der Waals surface area contributed by atoms with Crippen LogP contribution >= 0.6 is 22.9 Å². The highest BCUT2D eigenvalue weighted by atomic mass is 32.2. The molecule has 2 N–H and O–H groups in total. The van der Waals surface area contributed by atoms with Crippen LogP contribution in [-0.2, 0) is 0 Å². The number of fused-ring (bicyclic) bond motifs is 1. The van der Waals surface area contributed by atoms with E-state index in [-0.39, 0.29) is 0 Å². The standard InChI is InChI=1S/C13H12BN3O2S2/c1-9(12-7-4-8-20-12)16-17-13(15)21-14-18-10-5-2-3-6-11(10)19-14/h2-8H,1H3,(H2,15,17)/b16-9-. The molecule has 0 aliphatic carbocycles. The monoisotopic (exact) mass is 317 g/mol. The first kappa shape index (κ1) is 14.0. The van der Waals surface area contributed by atoms with Gasteiger partial charge in [-0.1, -0.05) is 18.2 Å². The second-order valence-electron chi connectivity index (χ2n) is 4.19. The van der Waals surface area contributed by atoms with Gasteiger partial charge in [-0.15, -0.1) is 16.4 Å². The van der Waals surface area contributed by atoms with Crippen LogP contribution in [0.2, 0.25) is 0 Å². The molecule has 0 saturated heterocycles. The van der Waals surface area contributed by atoms with Gasteiger partial charge in [0.1, 0.15) is 11.5 Å². The van der Waals surface area contributed by atoms with E-state index in [1.165, 1.54) is 11.6 Å². The lowest BCUT2D eigenvalue weighted by atomic mass is 10.3. The molecule has 2 heterocycles. The van der Waals surface area contributed by atoms with Crippen molar-refractivity contribution in [3.05, 3.63) is 46.7 Å². The molecule has 0 spiro atoms. The zero-order chi connectivity index (χ0) is 14.7. The molecule has 0 bridgehead atoms. The third-order valence-electron chi connectivity index (χ3n) is 2.69. The summed E-state index contributed by atoms with van der Waals surface area (Å²) in [7, 11) is 0. The van der Waals surface area contributed by atoms with Crippen molar-refractivity contribution in [3.8, 4) is 11.5 Å². The summed E-state index contributed by atoms with van der Waals surface area (Å²) in [6.45, 7) is 1.89. The van der Waals surface area contributed by atoms with Crippen LogP contribution in [0.5, 0.6) is 11.5 Å². The molecule has 0 unspecified atom stereocenters. The lowest BCUT2D eigenvalue weighted by Gasteiger charge is -2.02. The molecule has 3 rings (SSSR count). The van der Waals surface area contributed by atoms with Crippen molar-refractivity contribution in [2.45, 2.75) is 6.92 Å². The first-order chi connectivity index (χ1) is 10.2. The molecule has 5 nitrogen and oxygen atoms in total. The normalized spacial score (nSPS) is 14.6. The van der Waals surface area contributed by atoms with Gasteiger partial charge in [-0.3, -0.25) is 0 Å². The number of para-hydroxylation sites is 2. The van der Waals surface area contributed by atoms with Gasteiger partial charge in [0.15, 0.2) is 5.17 Å². The predicted molar refractivity (Wildman–Crippen MR) is 89.2 cm³/mol. The van der Waals surface area contributed by atoms with E-state index in [2.05, 4.69) is 10.2 Å². The molecule has 1 aromatic carbocycles. The first-order valence-corrected chi connectivity index (χ1v) is 7.99. The number of nitrogens with two attached hydrogens (primary N) is 1. The third-order valence-corrected chi connectivity index (χ3v) is 4.38. The van der Waals surface area contributed by atoms with Crippen LogP contribution in [0.1, 0.15) is 11.8 Å². The lowest BCUT2D eigenvalue weighted by molar-refractivity contribution is 0.531. The Balaban J connectivity index is 1.61. The molecule has 0 fully saturated rings. The topological polar surface area (TPSA) is 69.2 Å². The summed E-state index contributed by atoms with van der Waals surface area (Å²) in [5.74, 6) is 1.42. The molecule has 2 aromatic rings. The van der Waals surface area contributed by atoms with Crippen molar-refractivity contribution in [2.24, 2.45) is 15.9 Å². The van der Waals surface area contributed by atoms with E-state index in [1.807, 2.05) is 48.7 Å². The van der Waals surface area contributed by atoms with E-state index in [9.17, 15) is 0 Å². The number of rotatable bonds is 3. The summed E-state index contributed by atoms with van der Waals surface area (Å²) >= 11 is 2.79. The molecular formula is C13H12BN3O2S2. The van der Waals surface area contributed by atoms with Crippen LogP contribution in [0.4, 0.5) is 0 Å². The molecule has 1 aliphatic heterocycles. The summed E-state index contributed by atoms with van der Waals surface area (Å²) in [5.41, 5.74) is 6.66. The average molecular weight is 317 g/mol. The Morgan fingerprint density at radius 3 is 2.48 bits per heavy atom. The van der Waals surface area contributed by atoms with Gasteiger partial charge >= 0.3 is 6.40 Å². The number of nitrogens with zero attached hydrogens (tertiary/aromatic N) is 2. The maximum Gasteiger partial charge on any atom is 0.679 e. The molecule has 0 radical (unpaired) electrons. The maximum absolute atomic E-state index is 5.84. The van der Waals surface area contributed by atoms with Crippen LogP contribution in [-0.4, -0.2) is 17.3 Å². The van der Waals surface area contributed by atoms with E-state index in [1.54, 1.807) is 11.3 Å². The van der Waals surface area contributed by atoms with Crippen molar-refractivity contribution in [1.82, 2.24) is 0 Å². The highest BCUT2D eigenvalue weighted by molar-refractivity contribution is 8.35. The Bertz CT molecular complexity index is 663. The summed E-state index contributed by atoms with van der Waals surface area (Å²) in [6.07, 6.45) is -0.525. The minimum Gasteiger partial charge on any atom is -0.514 e. The Morgan fingerprint density at radius 1 is 1.14 bits per heavy atom. The van der Waals surface area contributed by atoms with E-state index in [0.29, 0.717) is 16.7 Å². The zero-order valence-corrected chi connectivity index (χ0v) is 12.9. The average Bonchev–Trinajstić information content (AvgIpc) is 3.13. The molecule has 0 amide bonds. The second-order valence-corrected chi connectivity index (χ2v) is 6.18. The van der Waals surface area contributed by atoms with Gasteiger partial charge < -0.3 is 15.0 Å². The molecule has 0 atom stereocenters. The number of hydrogen-bond donors (Lipinski definition) is 1. The van der Waals surface area contributed by atoms with Crippen LogP contribution in [0.15, 0.2) is 52.0 Å². The molecule has 1 aromatic heterocycles. The van der Waals surface area contributed by atoms with Gasteiger partial charge in [-0.2, -0.15) is 5.10 Å². The minimum atomic E-state index is -0.525. The lowest BCUT2D eigenvalue weighted by Crippen LogP contribution is -2.25. The van der Waals surface area contributed by atoms with Gasteiger partial charge in [-0.25, -0.2) is 0 Å². The quantitative estimate of drug-likeness (QED) is 0.409. The first-order valence-electron chi connectivity index (χ1n) is 6.23. The summed E-state index contributed by atoms with van der Waals surface area (Å²) in [5, 5.41) is 10.4. The molecule has 8 heteroatoms. The van der Waals surface area contributed by atoms with E-state index >= 15 is 0 Å². The molecule has 21 heavy (non-hydrogen) atoms. The second kappa shape index (κ2) is 6.23. The fraction of sp³-hybridized carbons (Fsp3) is 0.0769. The smallest absolute Gasteiger partial charge is 0.514 e. The van der Waals surface area contributed by atoms with Crippen molar-refractivity contribution in [1.29, 1.82) is 0 Å². The maximum atomic E-state index is 5.84. The summed E-state index contributed by atoms with van der Waals surface area (Å²) in [6, 6.07) is 11.4. The number of amidine groups is 1. The largest absolute Gasteiger partial charge is 0.679 e. The number of hydrogen-bond acceptors (Lipinski definition) is 6. The van der Waals surface area contributed by atoms with Crippen molar-refractivity contribution in [3.63, 3.8) is 0 Å². The van der Waals surface area contributed by atoms with Crippen LogP contribution < -0.4 is 15.0 Å². The van der Waals surface area contributed by atoms with Gasteiger partial charge in [0.05, 0.1) is 10.6 Å². The number of benzene rings is 1. The van der Waals surface area contributed by atoms with Crippen molar-refractivity contribution >= 4 is 40.2 Å². The highest BCUT2D eigenvalue weighted by Crippen LogP contribution is 2.35. The Kier molecular flexibility index (Phi) is 4.17. The highest BCUT2D eigenvalue weighted by Gasteiger charge is 2.34. The SMILES string of the molecule is C/C(=N/N=C(/N)SB1Oc2ccccc2O1)c1cccs1. The molecular weight excluding hydrogens is 305 g/mol. The zero-order valence-electron chi connectivity index (χ0n) is 11.2. The Hall–Kier alpha value is -1.93. The van der Waals surface area contributed by atoms with Crippen molar-refractivity contribution < 1.29 is 9.31 Å². The van der Waals surface area contributed by atoms with Gasteiger partial charge in [0, 0.05) is 0 Å². The minimum absolute atomic E-state index is 0.295.